The van der Waals surface area contributed by atoms with Crippen LogP contribution < -0.4 is 4.74 Å². The minimum atomic E-state index is 0.262. The van der Waals surface area contributed by atoms with Gasteiger partial charge in [-0.25, -0.2) is 0 Å². The molecule has 1 aromatic rings. The first kappa shape index (κ1) is 14.0. The summed E-state index contributed by atoms with van der Waals surface area (Å²) in [4.78, 5) is 0. The van der Waals surface area contributed by atoms with E-state index in [-0.39, 0.29) is 6.10 Å². The number of ether oxygens (including phenoxy) is 1. The summed E-state index contributed by atoms with van der Waals surface area (Å²) in [5, 5.41) is 0.298. The standard InChI is InChI=1S/C15H24OSi/c1-6-7-13-8-9-14(11(2)10-13)16-12(3)15(4,5)17/h6,8-10,12H,1,7H2,2-5,17H3. The second-order valence-corrected chi connectivity index (χ2v) is 8.30. The third-order valence-electron chi connectivity index (χ3n) is 3.14. The van der Waals surface area contributed by atoms with E-state index in [0.717, 1.165) is 22.4 Å². The van der Waals surface area contributed by atoms with Gasteiger partial charge in [0.1, 0.15) is 5.75 Å². The average Bonchev–Trinajstić information content (AvgIpc) is 2.21. The molecule has 0 amide bonds. The Kier molecular flexibility index (Phi) is 4.58. The number of benzene rings is 1. The molecular formula is C15H24OSi. The quantitative estimate of drug-likeness (QED) is 0.575. The maximum absolute atomic E-state index is 6.05. The molecule has 0 radical (unpaired) electrons. The third-order valence-corrected chi connectivity index (χ3v) is 3.96. The van der Waals surface area contributed by atoms with Crippen LogP contribution in [0.2, 0.25) is 5.04 Å². The van der Waals surface area contributed by atoms with E-state index in [1.807, 2.05) is 6.08 Å². The van der Waals surface area contributed by atoms with Crippen LogP contribution in [0, 0.1) is 6.92 Å². The number of hydrogen-bond acceptors (Lipinski definition) is 1. The van der Waals surface area contributed by atoms with Crippen molar-refractivity contribution < 1.29 is 4.74 Å². The molecule has 0 spiro atoms. The van der Waals surface area contributed by atoms with Crippen molar-refractivity contribution >= 4 is 10.2 Å². The van der Waals surface area contributed by atoms with Crippen molar-refractivity contribution in [3.8, 4) is 5.75 Å². The molecule has 1 nitrogen and oxygen atoms in total. The Balaban J connectivity index is 2.82. The minimum Gasteiger partial charge on any atom is -0.490 e. The second-order valence-electron chi connectivity index (χ2n) is 5.72. The van der Waals surface area contributed by atoms with Gasteiger partial charge in [0, 0.05) is 10.2 Å². The summed E-state index contributed by atoms with van der Waals surface area (Å²) in [6.07, 6.45) is 3.11. The predicted molar refractivity (Wildman–Crippen MR) is 79.2 cm³/mol. The number of rotatable bonds is 5. The zero-order valence-electron chi connectivity index (χ0n) is 11.7. The maximum atomic E-state index is 6.05. The predicted octanol–water partition coefficient (Wildman–Crippen LogP) is 3.05. The van der Waals surface area contributed by atoms with Gasteiger partial charge in [-0.1, -0.05) is 32.1 Å². The fourth-order valence-corrected chi connectivity index (χ4v) is 1.62. The van der Waals surface area contributed by atoms with Gasteiger partial charge in [-0.15, -0.1) is 6.58 Å². The molecule has 0 aromatic heterocycles. The molecule has 0 saturated carbocycles. The Morgan fingerprint density at radius 3 is 2.59 bits per heavy atom. The molecular weight excluding hydrogens is 224 g/mol. The zero-order valence-corrected chi connectivity index (χ0v) is 13.7. The van der Waals surface area contributed by atoms with Crippen molar-refractivity contribution in [2.75, 3.05) is 0 Å². The van der Waals surface area contributed by atoms with E-state index in [9.17, 15) is 0 Å². The Labute approximate surface area is 108 Å². The molecule has 1 atom stereocenters. The number of aryl methyl sites for hydroxylation is 1. The van der Waals surface area contributed by atoms with Gasteiger partial charge in [-0.2, -0.15) is 0 Å². The lowest BCUT2D eigenvalue weighted by Gasteiger charge is -2.28. The van der Waals surface area contributed by atoms with Crippen LogP contribution in [0.5, 0.6) is 5.75 Å². The summed E-state index contributed by atoms with van der Waals surface area (Å²) in [6, 6.07) is 6.39. The van der Waals surface area contributed by atoms with Crippen molar-refractivity contribution in [3.05, 3.63) is 42.0 Å². The molecule has 0 bridgehead atoms. The first-order valence-corrected chi connectivity index (χ1v) is 7.21. The summed E-state index contributed by atoms with van der Waals surface area (Å²) in [7, 11) is 1.13. The third kappa shape index (κ3) is 4.04. The van der Waals surface area contributed by atoms with Crippen LogP contribution in [0.3, 0.4) is 0 Å². The summed E-state index contributed by atoms with van der Waals surface area (Å²) >= 11 is 0. The van der Waals surface area contributed by atoms with E-state index in [1.54, 1.807) is 0 Å². The second kappa shape index (κ2) is 5.54. The number of allylic oxidation sites excluding steroid dienone is 1. The van der Waals surface area contributed by atoms with E-state index in [2.05, 4.69) is 52.5 Å². The molecule has 0 heterocycles. The van der Waals surface area contributed by atoms with E-state index in [4.69, 9.17) is 4.74 Å². The Morgan fingerprint density at radius 1 is 1.47 bits per heavy atom. The first-order chi connectivity index (χ1) is 7.84. The Morgan fingerprint density at radius 2 is 2.12 bits per heavy atom. The molecule has 0 fully saturated rings. The molecule has 2 heteroatoms. The van der Waals surface area contributed by atoms with E-state index < -0.39 is 0 Å². The van der Waals surface area contributed by atoms with E-state index >= 15 is 0 Å². The minimum absolute atomic E-state index is 0.262. The topological polar surface area (TPSA) is 9.23 Å². The maximum Gasteiger partial charge on any atom is 0.122 e. The summed E-state index contributed by atoms with van der Waals surface area (Å²) < 4.78 is 6.05. The molecule has 1 rings (SSSR count). The highest BCUT2D eigenvalue weighted by Crippen LogP contribution is 2.30. The largest absolute Gasteiger partial charge is 0.490 e. The lowest BCUT2D eigenvalue weighted by atomic mass is 10.1. The monoisotopic (exact) mass is 248 g/mol. The molecule has 0 aliphatic carbocycles. The lowest BCUT2D eigenvalue weighted by molar-refractivity contribution is 0.178. The highest BCUT2D eigenvalue weighted by atomic mass is 28.1. The fraction of sp³-hybridized carbons (Fsp3) is 0.467. The smallest absolute Gasteiger partial charge is 0.122 e. The molecule has 1 unspecified atom stereocenters. The van der Waals surface area contributed by atoms with Crippen molar-refractivity contribution in [1.82, 2.24) is 0 Å². The molecule has 0 N–H and O–H groups in total. The van der Waals surface area contributed by atoms with Gasteiger partial charge in [-0.3, -0.25) is 0 Å². The van der Waals surface area contributed by atoms with Crippen LogP contribution in [0.25, 0.3) is 0 Å². The van der Waals surface area contributed by atoms with Crippen molar-refractivity contribution in [2.24, 2.45) is 0 Å². The van der Waals surface area contributed by atoms with Gasteiger partial charge in [0.15, 0.2) is 0 Å². The average molecular weight is 248 g/mol. The zero-order chi connectivity index (χ0) is 13.1. The van der Waals surface area contributed by atoms with Crippen LogP contribution in [0.4, 0.5) is 0 Å². The molecule has 0 aliphatic heterocycles. The van der Waals surface area contributed by atoms with Gasteiger partial charge in [0.25, 0.3) is 0 Å². The Bertz CT molecular complexity index is 390. The highest BCUT2D eigenvalue weighted by molar-refractivity contribution is 6.15. The number of hydrogen-bond donors (Lipinski definition) is 0. The molecule has 17 heavy (non-hydrogen) atoms. The lowest BCUT2D eigenvalue weighted by Crippen LogP contribution is -2.26. The van der Waals surface area contributed by atoms with Gasteiger partial charge in [0.2, 0.25) is 0 Å². The van der Waals surface area contributed by atoms with Gasteiger partial charge >= 0.3 is 0 Å². The van der Waals surface area contributed by atoms with Gasteiger partial charge in [-0.05, 0) is 42.5 Å². The van der Waals surface area contributed by atoms with Gasteiger partial charge < -0.3 is 4.74 Å². The van der Waals surface area contributed by atoms with Crippen LogP contribution in [-0.2, 0) is 6.42 Å². The van der Waals surface area contributed by atoms with Crippen LogP contribution >= 0.6 is 0 Å². The molecule has 1 aromatic carbocycles. The molecule has 0 saturated heterocycles. The first-order valence-electron chi connectivity index (χ1n) is 6.21. The van der Waals surface area contributed by atoms with E-state index in [0.29, 0.717) is 5.04 Å². The summed E-state index contributed by atoms with van der Waals surface area (Å²) in [5.41, 5.74) is 2.50. The van der Waals surface area contributed by atoms with Crippen molar-refractivity contribution in [3.63, 3.8) is 0 Å². The highest BCUT2D eigenvalue weighted by Gasteiger charge is 2.22. The van der Waals surface area contributed by atoms with Crippen LogP contribution in [0.1, 0.15) is 31.9 Å². The van der Waals surface area contributed by atoms with Gasteiger partial charge in [0.05, 0.1) is 6.10 Å². The van der Waals surface area contributed by atoms with Crippen molar-refractivity contribution in [2.45, 2.75) is 45.3 Å². The van der Waals surface area contributed by atoms with E-state index in [1.165, 1.54) is 11.1 Å². The Hall–Kier alpha value is -1.02. The van der Waals surface area contributed by atoms with Crippen LogP contribution in [0.15, 0.2) is 30.9 Å². The normalized spacial score (nSPS) is 13.4. The molecule has 0 aliphatic rings. The van der Waals surface area contributed by atoms with Crippen LogP contribution in [-0.4, -0.2) is 16.3 Å². The summed E-state index contributed by atoms with van der Waals surface area (Å²) in [6.45, 7) is 12.5. The fourth-order valence-electron chi connectivity index (χ4n) is 1.50. The SMILES string of the molecule is C=CCc1ccc(OC(C)C(C)(C)[SiH3])c(C)c1. The summed E-state index contributed by atoms with van der Waals surface area (Å²) in [5.74, 6) is 1.01. The molecule has 94 valence electrons. The van der Waals surface area contributed by atoms with Crippen molar-refractivity contribution in [1.29, 1.82) is 0 Å².